The minimum atomic E-state index is -3.45. The first-order valence-electron chi connectivity index (χ1n) is 10.2. The average molecular weight is 415 g/mol. The van der Waals surface area contributed by atoms with Crippen LogP contribution in [-0.2, 0) is 14.8 Å². The lowest BCUT2D eigenvalue weighted by atomic mass is 9.94. The van der Waals surface area contributed by atoms with Gasteiger partial charge in [0.2, 0.25) is 15.9 Å². The third-order valence-electron chi connectivity index (χ3n) is 5.68. The first-order chi connectivity index (χ1) is 13.9. The van der Waals surface area contributed by atoms with Crippen LogP contribution in [0.1, 0.15) is 43.2 Å². The fourth-order valence-electron chi connectivity index (χ4n) is 3.71. The Morgan fingerprint density at radius 3 is 2.31 bits per heavy atom. The second-order valence-electron chi connectivity index (χ2n) is 7.98. The van der Waals surface area contributed by atoms with Gasteiger partial charge >= 0.3 is 0 Å². The molecule has 1 amide bonds. The van der Waals surface area contributed by atoms with E-state index in [1.54, 1.807) is 16.4 Å². The minimum Gasteiger partial charge on any atom is -0.355 e. The summed E-state index contributed by atoms with van der Waals surface area (Å²) >= 11 is 0. The number of benzene rings is 2. The lowest BCUT2D eigenvalue weighted by Gasteiger charge is -2.31. The molecular weight excluding hydrogens is 384 g/mol. The molecule has 1 heterocycles. The SMILES string of the molecule is Cc1ccc(S(=O)(=O)N2CCC(CC(=O)NC[C@@H](C)c3ccccc3)CC2)cc1. The third-order valence-corrected chi connectivity index (χ3v) is 7.59. The van der Waals surface area contributed by atoms with Gasteiger partial charge in [-0.15, -0.1) is 0 Å². The van der Waals surface area contributed by atoms with Crippen molar-refractivity contribution in [2.75, 3.05) is 19.6 Å². The summed E-state index contributed by atoms with van der Waals surface area (Å²) in [5.74, 6) is 0.542. The Morgan fingerprint density at radius 2 is 1.69 bits per heavy atom. The highest BCUT2D eigenvalue weighted by Gasteiger charge is 2.30. The Labute approximate surface area is 174 Å². The van der Waals surface area contributed by atoms with Crippen LogP contribution in [0.25, 0.3) is 0 Å². The van der Waals surface area contributed by atoms with Gasteiger partial charge < -0.3 is 5.32 Å². The molecule has 3 rings (SSSR count). The van der Waals surface area contributed by atoms with Gasteiger partial charge in [0, 0.05) is 26.1 Å². The highest BCUT2D eigenvalue weighted by molar-refractivity contribution is 7.89. The molecule has 29 heavy (non-hydrogen) atoms. The molecule has 2 aromatic rings. The van der Waals surface area contributed by atoms with Gasteiger partial charge in [0.25, 0.3) is 0 Å². The predicted octanol–water partition coefficient (Wildman–Crippen LogP) is 3.71. The van der Waals surface area contributed by atoms with Crippen molar-refractivity contribution in [2.24, 2.45) is 5.92 Å². The zero-order chi connectivity index (χ0) is 20.9. The number of amides is 1. The predicted molar refractivity (Wildman–Crippen MR) is 115 cm³/mol. The molecule has 0 aliphatic carbocycles. The molecular formula is C23H30N2O3S. The molecule has 6 heteroatoms. The molecule has 1 fully saturated rings. The number of nitrogens with zero attached hydrogens (tertiary/aromatic N) is 1. The molecule has 156 valence electrons. The van der Waals surface area contributed by atoms with Crippen molar-refractivity contribution in [3.05, 3.63) is 65.7 Å². The topological polar surface area (TPSA) is 66.5 Å². The number of carbonyl (C=O) groups excluding carboxylic acids is 1. The maximum absolute atomic E-state index is 12.8. The van der Waals surface area contributed by atoms with Crippen LogP contribution in [-0.4, -0.2) is 38.3 Å². The van der Waals surface area contributed by atoms with Gasteiger partial charge in [-0.3, -0.25) is 4.79 Å². The van der Waals surface area contributed by atoms with Crippen molar-refractivity contribution >= 4 is 15.9 Å². The van der Waals surface area contributed by atoms with Gasteiger partial charge in [-0.2, -0.15) is 4.31 Å². The molecule has 1 saturated heterocycles. The lowest BCUT2D eigenvalue weighted by Crippen LogP contribution is -2.39. The van der Waals surface area contributed by atoms with Crippen LogP contribution in [0.4, 0.5) is 0 Å². The molecule has 0 unspecified atom stereocenters. The fraction of sp³-hybridized carbons (Fsp3) is 0.435. The van der Waals surface area contributed by atoms with E-state index in [1.807, 2.05) is 37.3 Å². The second-order valence-corrected chi connectivity index (χ2v) is 9.92. The number of hydrogen-bond donors (Lipinski definition) is 1. The normalized spacial score (nSPS) is 17.0. The summed E-state index contributed by atoms with van der Waals surface area (Å²) in [6, 6.07) is 17.1. The quantitative estimate of drug-likeness (QED) is 0.751. The monoisotopic (exact) mass is 414 g/mol. The van der Waals surface area contributed by atoms with E-state index in [1.165, 1.54) is 5.56 Å². The van der Waals surface area contributed by atoms with E-state index in [0.717, 1.165) is 5.56 Å². The Balaban J connectivity index is 1.45. The molecule has 0 aromatic heterocycles. The van der Waals surface area contributed by atoms with Gasteiger partial charge in [0.15, 0.2) is 0 Å². The van der Waals surface area contributed by atoms with Crippen molar-refractivity contribution in [2.45, 2.75) is 43.9 Å². The summed E-state index contributed by atoms with van der Waals surface area (Å²) in [7, 11) is -3.45. The molecule has 1 aliphatic rings. The Bertz CT molecular complexity index is 903. The van der Waals surface area contributed by atoms with E-state index in [-0.39, 0.29) is 17.7 Å². The number of sulfonamides is 1. The number of carbonyl (C=O) groups is 1. The van der Waals surface area contributed by atoms with E-state index in [9.17, 15) is 13.2 Å². The van der Waals surface area contributed by atoms with Crippen LogP contribution in [0.15, 0.2) is 59.5 Å². The van der Waals surface area contributed by atoms with Gasteiger partial charge in [-0.1, -0.05) is 55.0 Å². The molecule has 0 spiro atoms. The fourth-order valence-corrected chi connectivity index (χ4v) is 5.18. The highest BCUT2D eigenvalue weighted by atomic mass is 32.2. The number of piperidine rings is 1. The van der Waals surface area contributed by atoms with E-state index < -0.39 is 10.0 Å². The summed E-state index contributed by atoms with van der Waals surface area (Å²) in [5.41, 5.74) is 2.25. The zero-order valence-electron chi connectivity index (χ0n) is 17.2. The first kappa shape index (κ1) is 21.5. The highest BCUT2D eigenvalue weighted by Crippen LogP contribution is 2.26. The molecule has 0 radical (unpaired) electrons. The summed E-state index contributed by atoms with van der Waals surface area (Å²) in [4.78, 5) is 12.7. The van der Waals surface area contributed by atoms with E-state index in [0.29, 0.717) is 43.8 Å². The number of hydrogen-bond acceptors (Lipinski definition) is 3. The van der Waals surface area contributed by atoms with Crippen molar-refractivity contribution in [3.63, 3.8) is 0 Å². The molecule has 0 saturated carbocycles. The molecule has 1 aliphatic heterocycles. The van der Waals surface area contributed by atoms with Crippen molar-refractivity contribution in [1.82, 2.24) is 9.62 Å². The third kappa shape index (κ3) is 5.67. The van der Waals surface area contributed by atoms with E-state index in [2.05, 4.69) is 24.4 Å². The summed E-state index contributed by atoms with van der Waals surface area (Å²) in [6.45, 7) is 5.59. The van der Waals surface area contributed by atoms with Crippen LogP contribution in [0.3, 0.4) is 0 Å². The summed E-state index contributed by atoms with van der Waals surface area (Å²) < 4.78 is 27.1. The van der Waals surface area contributed by atoms with Crippen molar-refractivity contribution < 1.29 is 13.2 Å². The molecule has 1 N–H and O–H groups in total. The van der Waals surface area contributed by atoms with Crippen LogP contribution in [0, 0.1) is 12.8 Å². The van der Waals surface area contributed by atoms with Crippen LogP contribution < -0.4 is 5.32 Å². The Morgan fingerprint density at radius 1 is 1.07 bits per heavy atom. The smallest absolute Gasteiger partial charge is 0.243 e. The molecule has 2 aromatic carbocycles. The van der Waals surface area contributed by atoms with E-state index >= 15 is 0 Å². The minimum absolute atomic E-state index is 0.0487. The van der Waals surface area contributed by atoms with Gasteiger partial charge in [0.05, 0.1) is 4.90 Å². The lowest BCUT2D eigenvalue weighted by molar-refractivity contribution is -0.122. The van der Waals surface area contributed by atoms with Crippen molar-refractivity contribution in [1.29, 1.82) is 0 Å². The number of rotatable bonds is 7. The average Bonchev–Trinajstić information content (AvgIpc) is 2.73. The van der Waals surface area contributed by atoms with Crippen LogP contribution >= 0.6 is 0 Å². The maximum atomic E-state index is 12.8. The Kier molecular flexibility index (Phi) is 7.09. The largest absolute Gasteiger partial charge is 0.355 e. The zero-order valence-corrected chi connectivity index (χ0v) is 18.0. The van der Waals surface area contributed by atoms with Gasteiger partial charge in [-0.25, -0.2) is 8.42 Å². The molecule has 5 nitrogen and oxygen atoms in total. The van der Waals surface area contributed by atoms with Crippen molar-refractivity contribution in [3.8, 4) is 0 Å². The molecule has 1 atom stereocenters. The summed E-state index contributed by atoms with van der Waals surface area (Å²) in [6.07, 6.45) is 1.89. The number of aryl methyl sites for hydroxylation is 1. The molecule has 0 bridgehead atoms. The maximum Gasteiger partial charge on any atom is 0.243 e. The van der Waals surface area contributed by atoms with Crippen LogP contribution in [0.5, 0.6) is 0 Å². The second kappa shape index (κ2) is 9.55. The standard InChI is InChI=1S/C23H30N2O3S/c1-18-8-10-22(11-9-18)29(27,28)25-14-12-20(13-15-25)16-23(26)24-17-19(2)21-6-4-3-5-7-21/h3-11,19-20H,12-17H2,1-2H3,(H,24,26)/t19-/m1/s1. The van der Waals surface area contributed by atoms with Gasteiger partial charge in [-0.05, 0) is 49.3 Å². The van der Waals surface area contributed by atoms with E-state index in [4.69, 9.17) is 0 Å². The van der Waals surface area contributed by atoms with Gasteiger partial charge in [0.1, 0.15) is 0 Å². The summed E-state index contributed by atoms with van der Waals surface area (Å²) in [5, 5.41) is 3.03. The first-order valence-corrected chi connectivity index (χ1v) is 11.7. The Hall–Kier alpha value is -2.18. The number of nitrogens with one attached hydrogen (secondary N) is 1. The van der Waals surface area contributed by atoms with Crippen LogP contribution in [0.2, 0.25) is 0 Å².